The fourth-order valence-corrected chi connectivity index (χ4v) is 2.12. The third-order valence-electron chi connectivity index (χ3n) is 3.42. The van der Waals surface area contributed by atoms with Crippen LogP contribution in [0.2, 0.25) is 0 Å². The molecule has 2 N–H and O–H groups in total. The average Bonchev–Trinajstić information content (AvgIpc) is 2.57. The summed E-state index contributed by atoms with van der Waals surface area (Å²) < 4.78 is 5.54. The van der Waals surface area contributed by atoms with E-state index in [1.54, 1.807) is 7.05 Å². The number of pyridine rings is 1. The Kier molecular flexibility index (Phi) is 9.26. The van der Waals surface area contributed by atoms with Crippen LogP contribution in [0.15, 0.2) is 47.6 Å². The predicted octanol–water partition coefficient (Wildman–Crippen LogP) is 3.66. The molecule has 25 heavy (non-hydrogen) atoms. The largest absolute Gasteiger partial charge is 0.475 e. The number of hydrogen-bond donors (Lipinski definition) is 2. The first-order valence-electron chi connectivity index (χ1n) is 8.18. The second-order valence-electron chi connectivity index (χ2n) is 5.94. The summed E-state index contributed by atoms with van der Waals surface area (Å²) in [5.41, 5.74) is 3.56. The minimum absolute atomic E-state index is 0. The van der Waals surface area contributed by atoms with Crippen molar-refractivity contribution in [2.75, 3.05) is 7.05 Å². The summed E-state index contributed by atoms with van der Waals surface area (Å²) in [6.45, 7) is 7.45. The third-order valence-corrected chi connectivity index (χ3v) is 3.42. The standard InChI is InChI=1S/C19H26N4O.HI/c1-14(2)24-18-10-9-17(12-21-18)13-23-19(20-4)22-11-16-7-5-15(3)6-8-16;/h5-10,12,14H,11,13H2,1-4H3,(H2,20,22,23);1H. The van der Waals surface area contributed by atoms with Crippen LogP contribution in [-0.2, 0) is 13.1 Å². The van der Waals surface area contributed by atoms with Gasteiger partial charge in [0.05, 0.1) is 6.10 Å². The molecule has 0 unspecified atom stereocenters. The van der Waals surface area contributed by atoms with Crippen molar-refractivity contribution in [2.45, 2.75) is 40.0 Å². The van der Waals surface area contributed by atoms with Gasteiger partial charge in [0.1, 0.15) is 0 Å². The van der Waals surface area contributed by atoms with Crippen LogP contribution in [0.1, 0.15) is 30.5 Å². The van der Waals surface area contributed by atoms with E-state index < -0.39 is 0 Å². The van der Waals surface area contributed by atoms with Crippen LogP contribution < -0.4 is 15.4 Å². The molecular formula is C19H27IN4O. The number of guanidine groups is 1. The molecule has 1 aromatic heterocycles. The lowest BCUT2D eigenvalue weighted by molar-refractivity contribution is 0.232. The van der Waals surface area contributed by atoms with Crippen molar-refractivity contribution < 1.29 is 4.74 Å². The molecule has 0 saturated carbocycles. The lowest BCUT2D eigenvalue weighted by Crippen LogP contribution is -2.36. The highest BCUT2D eigenvalue weighted by atomic mass is 127. The van der Waals surface area contributed by atoms with E-state index in [2.05, 4.69) is 51.8 Å². The first-order valence-corrected chi connectivity index (χ1v) is 8.18. The van der Waals surface area contributed by atoms with Gasteiger partial charge in [-0.05, 0) is 31.9 Å². The Balaban J connectivity index is 0.00000312. The molecule has 0 radical (unpaired) electrons. The van der Waals surface area contributed by atoms with Crippen molar-refractivity contribution in [2.24, 2.45) is 4.99 Å². The highest BCUT2D eigenvalue weighted by molar-refractivity contribution is 14.0. The topological polar surface area (TPSA) is 58.5 Å². The summed E-state index contributed by atoms with van der Waals surface area (Å²) in [5, 5.41) is 6.59. The van der Waals surface area contributed by atoms with Gasteiger partial charge in [-0.25, -0.2) is 4.98 Å². The molecule has 2 aromatic rings. The van der Waals surface area contributed by atoms with Crippen molar-refractivity contribution in [3.05, 3.63) is 59.3 Å². The number of nitrogens with one attached hydrogen (secondary N) is 2. The molecule has 1 aromatic carbocycles. The molecule has 0 aliphatic rings. The maximum Gasteiger partial charge on any atom is 0.213 e. The highest BCUT2D eigenvalue weighted by Crippen LogP contribution is 2.09. The molecule has 0 atom stereocenters. The van der Waals surface area contributed by atoms with Crippen molar-refractivity contribution in [3.8, 4) is 5.88 Å². The number of rotatable bonds is 6. The zero-order valence-corrected chi connectivity index (χ0v) is 17.6. The molecule has 1 heterocycles. The molecule has 136 valence electrons. The molecule has 0 aliphatic heterocycles. The molecule has 0 fully saturated rings. The van der Waals surface area contributed by atoms with Gasteiger partial charge in [0.15, 0.2) is 5.96 Å². The van der Waals surface area contributed by atoms with E-state index in [0.717, 1.165) is 18.1 Å². The Labute approximate surface area is 167 Å². The van der Waals surface area contributed by atoms with Gasteiger partial charge in [0.2, 0.25) is 5.88 Å². The number of aliphatic imine (C=N–C) groups is 1. The van der Waals surface area contributed by atoms with Crippen LogP contribution >= 0.6 is 24.0 Å². The Morgan fingerprint density at radius 1 is 1.04 bits per heavy atom. The van der Waals surface area contributed by atoms with Crippen LogP contribution in [0.25, 0.3) is 0 Å². The minimum Gasteiger partial charge on any atom is -0.475 e. The summed E-state index contributed by atoms with van der Waals surface area (Å²) in [5.74, 6) is 1.41. The first-order chi connectivity index (χ1) is 11.6. The quantitative estimate of drug-likeness (QED) is 0.398. The molecule has 0 bridgehead atoms. The number of hydrogen-bond acceptors (Lipinski definition) is 3. The number of aromatic nitrogens is 1. The third kappa shape index (κ3) is 7.72. The summed E-state index contributed by atoms with van der Waals surface area (Å²) in [6.07, 6.45) is 1.95. The average molecular weight is 454 g/mol. The van der Waals surface area contributed by atoms with Crippen LogP contribution in [0.3, 0.4) is 0 Å². The number of halogens is 1. The fourth-order valence-electron chi connectivity index (χ4n) is 2.12. The van der Waals surface area contributed by atoms with E-state index in [0.29, 0.717) is 12.4 Å². The molecule has 6 heteroatoms. The number of aryl methyl sites for hydroxylation is 1. The van der Waals surface area contributed by atoms with Gasteiger partial charge in [-0.15, -0.1) is 24.0 Å². The Morgan fingerprint density at radius 3 is 2.16 bits per heavy atom. The first kappa shape index (κ1) is 21.2. The van der Waals surface area contributed by atoms with Crippen LogP contribution in [-0.4, -0.2) is 24.1 Å². The molecule has 0 spiro atoms. The zero-order chi connectivity index (χ0) is 17.4. The molecule has 5 nitrogen and oxygen atoms in total. The zero-order valence-electron chi connectivity index (χ0n) is 15.2. The molecule has 0 amide bonds. The van der Waals surface area contributed by atoms with Crippen molar-refractivity contribution in [1.82, 2.24) is 15.6 Å². The van der Waals surface area contributed by atoms with Gasteiger partial charge in [-0.3, -0.25) is 4.99 Å². The Morgan fingerprint density at radius 2 is 1.64 bits per heavy atom. The molecular weight excluding hydrogens is 427 g/mol. The molecule has 0 saturated heterocycles. The minimum atomic E-state index is 0. The Bertz CT molecular complexity index is 654. The van der Waals surface area contributed by atoms with Crippen molar-refractivity contribution >= 4 is 29.9 Å². The predicted molar refractivity (Wildman–Crippen MR) is 114 cm³/mol. The summed E-state index contributed by atoms with van der Waals surface area (Å²) >= 11 is 0. The smallest absolute Gasteiger partial charge is 0.213 e. The summed E-state index contributed by atoms with van der Waals surface area (Å²) in [6, 6.07) is 12.4. The van der Waals surface area contributed by atoms with E-state index in [1.807, 2.05) is 32.2 Å². The fraction of sp³-hybridized carbons (Fsp3) is 0.368. The molecule has 2 rings (SSSR count). The van der Waals surface area contributed by atoms with Crippen molar-refractivity contribution in [3.63, 3.8) is 0 Å². The van der Waals surface area contributed by atoms with Gasteiger partial charge >= 0.3 is 0 Å². The Hall–Kier alpha value is -1.83. The lowest BCUT2D eigenvalue weighted by atomic mass is 10.1. The monoisotopic (exact) mass is 454 g/mol. The number of ether oxygens (including phenoxy) is 1. The second-order valence-corrected chi connectivity index (χ2v) is 5.94. The van der Waals surface area contributed by atoms with Crippen molar-refractivity contribution in [1.29, 1.82) is 0 Å². The molecule has 0 aliphatic carbocycles. The maximum atomic E-state index is 5.54. The summed E-state index contributed by atoms with van der Waals surface area (Å²) in [4.78, 5) is 8.54. The van der Waals surface area contributed by atoms with Gasteiger partial charge in [-0.1, -0.05) is 35.9 Å². The normalized spacial score (nSPS) is 11.0. The van der Waals surface area contributed by atoms with E-state index in [4.69, 9.17) is 4.74 Å². The van der Waals surface area contributed by atoms with E-state index >= 15 is 0 Å². The van der Waals surface area contributed by atoms with Crippen LogP contribution in [0.5, 0.6) is 5.88 Å². The van der Waals surface area contributed by atoms with Crippen LogP contribution in [0.4, 0.5) is 0 Å². The van der Waals surface area contributed by atoms with E-state index in [-0.39, 0.29) is 30.1 Å². The van der Waals surface area contributed by atoms with Gasteiger partial charge in [-0.2, -0.15) is 0 Å². The second kappa shape index (κ2) is 10.9. The van der Waals surface area contributed by atoms with Crippen LogP contribution in [0, 0.1) is 6.92 Å². The van der Waals surface area contributed by atoms with Gasteiger partial charge in [0.25, 0.3) is 0 Å². The van der Waals surface area contributed by atoms with Gasteiger partial charge < -0.3 is 15.4 Å². The SMILES string of the molecule is CN=C(NCc1ccc(C)cc1)NCc1ccc(OC(C)C)nc1.I. The lowest BCUT2D eigenvalue weighted by Gasteiger charge is -2.13. The maximum absolute atomic E-state index is 5.54. The number of nitrogens with zero attached hydrogens (tertiary/aromatic N) is 2. The number of benzene rings is 1. The van der Waals surface area contributed by atoms with Gasteiger partial charge in [0, 0.05) is 32.4 Å². The highest BCUT2D eigenvalue weighted by Gasteiger charge is 2.02. The van der Waals surface area contributed by atoms with E-state index in [9.17, 15) is 0 Å². The summed E-state index contributed by atoms with van der Waals surface area (Å²) in [7, 11) is 1.77. The van der Waals surface area contributed by atoms with E-state index in [1.165, 1.54) is 11.1 Å².